The number of ether oxygens (including phenoxy) is 1. The van der Waals surface area contributed by atoms with E-state index in [-0.39, 0.29) is 12.8 Å². The van der Waals surface area contributed by atoms with Gasteiger partial charge in [-0.1, -0.05) is 6.92 Å². The van der Waals surface area contributed by atoms with Crippen molar-refractivity contribution >= 4 is 6.03 Å². The summed E-state index contributed by atoms with van der Waals surface area (Å²) in [4.78, 5) is 10.5. The molecule has 0 heterocycles. The van der Waals surface area contributed by atoms with Gasteiger partial charge in [0, 0.05) is 13.7 Å². The Bertz CT molecular complexity index is 95.7. The van der Waals surface area contributed by atoms with Crippen LogP contribution in [-0.4, -0.2) is 26.4 Å². The van der Waals surface area contributed by atoms with Crippen LogP contribution >= 0.6 is 0 Å². The van der Waals surface area contributed by atoms with Gasteiger partial charge in [0.05, 0.1) is 0 Å². The molecule has 0 aliphatic rings. The van der Waals surface area contributed by atoms with Crippen molar-refractivity contribution in [3.63, 3.8) is 0 Å². The van der Waals surface area contributed by atoms with E-state index < -0.39 is 0 Å². The number of amides is 2. The Kier molecular flexibility index (Phi) is 5.86. The highest BCUT2D eigenvalue weighted by atomic mass is 16.5. The fourth-order valence-corrected chi connectivity index (χ4v) is 0.421. The molecular weight excluding hydrogens is 132 g/mol. The van der Waals surface area contributed by atoms with Gasteiger partial charge in [0.1, 0.15) is 6.73 Å². The first-order valence-electron chi connectivity index (χ1n) is 3.34. The van der Waals surface area contributed by atoms with Crippen LogP contribution in [0.5, 0.6) is 0 Å². The molecule has 0 aliphatic carbocycles. The van der Waals surface area contributed by atoms with E-state index in [1.807, 2.05) is 6.92 Å². The van der Waals surface area contributed by atoms with E-state index in [1.54, 1.807) is 7.05 Å². The van der Waals surface area contributed by atoms with E-state index in [9.17, 15) is 4.79 Å². The average molecular weight is 146 g/mol. The Hall–Kier alpha value is -0.770. The van der Waals surface area contributed by atoms with Crippen LogP contribution in [0.15, 0.2) is 0 Å². The highest BCUT2D eigenvalue weighted by Gasteiger charge is 1.91. The number of carbonyl (C=O) groups is 1. The summed E-state index contributed by atoms with van der Waals surface area (Å²) in [6, 6.07) is -0.212. The molecule has 0 aromatic rings. The highest BCUT2D eigenvalue weighted by molar-refractivity contribution is 5.73. The SMILES string of the molecule is CCCOCNC(=O)NC. The van der Waals surface area contributed by atoms with Crippen molar-refractivity contribution < 1.29 is 9.53 Å². The first kappa shape index (κ1) is 9.23. The average Bonchev–Trinajstić information content (AvgIpc) is 1.98. The fourth-order valence-electron chi connectivity index (χ4n) is 0.421. The van der Waals surface area contributed by atoms with E-state index in [2.05, 4.69) is 10.6 Å². The van der Waals surface area contributed by atoms with Gasteiger partial charge in [0.15, 0.2) is 0 Å². The van der Waals surface area contributed by atoms with Gasteiger partial charge in [-0.3, -0.25) is 0 Å². The third kappa shape index (κ3) is 5.37. The van der Waals surface area contributed by atoms with Crippen molar-refractivity contribution in [2.75, 3.05) is 20.4 Å². The summed E-state index contributed by atoms with van der Waals surface area (Å²) in [5.41, 5.74) is 0. The van der Waals surface area contributed by atoms with Crippen LogP contribution in [0.2, 0.25) is 0 Å². The second-order valence-electron chi connectivity index (χ2n) is 1.81. The molecule has 10 heavy (non-hydrogen) atoms. The molecule has 0 bridgehead atoms. The van der Waals surface area contributed by atoms with Crippen LogP contribution in [0.25, 0.3) is 0 Å². The smallest absolute Gasteiger partial charge is 0.316 e. The largest absolute Gasteiger partial charge is 0.361 e. The van der Waals surface area contributed by atoms with Crippen molar-refractivity contribution in [3.05, 3.63) is 0 Å². The van der Waals surface area contributed by atoms with Crippen molar-refractivity contribution in [1.29, 1.82) is 0 Å². The Morgan fingerprint density at radius 3 is 2.80 bits per heavy atom. The number of rotatable bonds is 4. The van der Waals surface area contributed by atoms with Crippen LogP contribution in [0.3, 0.4) is 0 Å². The zero-order valence-electron chi connectivity index (χ0n) is 6.44. The van der Waals surface area contributed by atoms with E-state index >= 15 is 0 Å². The monoisotopic (exact) mass is 146 g/mol. The summed E-state index contributed by atoms with van der Waals surface area (Å²) in [6.07, 6.45) is 0.968. The van der Waals surface area contributed by atoms with Crippen molar-refractivity contribution in [1.82, 2.24) is 10.6 Å². The maximum absolute atomic E-state index is 10.5. The first-order valence-corrected chi connectivity index (χ1v) is 3.34. The zero-order chi connectivity index (χ0) is 7.82. The second kappa shape index (κ2) is 6.35. The molecule has 0 atom stereocenters. The normalized spacial score (nSPS) is 9.00. The quantitative estimate of drug-likeness (QED) is 0.442. The van der Waals surface area contributed by atoms with Gasteiger partial charge in [-0.15, -0.1) is 0 Å². The van der Waals surface area contributed by atoms with E-state index in [1.165, 1.54) is 0 Å². The maximum Gasteiger partial charge on any atom is 0.316 e. The number of hydrogen-bond donors (Lipinski definition) is 2. The Morgan fingerprint density at radius 2 is 2.30 bits per heavy atom. The molecule has 0 unspecified atom stereocenters. The third-order valence-electron chi connectivity index (χ3n) is 0.910. The lowest BCUT2D eigenvalue weighted by Gasteiger charge is -2.03. The number of urea groups is 1. The molecular formula is C6H14N2O2. The molecule has 0 aromatic carbocycles. The van der Waals surface area contributed by atoms with Crippen molar-refractivity contribution in [3.8, 4) is 0 Å². The molecule has 0 aromatic heterocycles. The molecule has 0 aliphatic heterocycles. The zero-order valence-corrected chi connectivity index (χ0v) is 6.44. The third-order valence-corrected chi connectivity index (χ3v) is 0.910. The molecule has 0 rings (SSSR count). The van der Waals surface area contributed by atoms with E-state index in [4.69, 9.17) is 4.74 Å². The molecule has 0 fully saturated rings. The van der Waals surface area contributed by atoms with Crippen LogP contribution in [0.4, 0.5) is 4.79 Å². The van der Waals surface area contributed by atoms with Crippen molar-refractivity contribution in [2.45, 2.75) is 13.3 Å². The van der Waals surface area contributed by atoms with Crippen LogP contribution in [0.1, 0.15) is 13.3 Å². The number of hydrogen-bond acceptors (Lipinski definition) is 2. The Balaban J connectivity index is 2.96. The summed E-state index contributed by atoms with van der Waals surface area (Å²) >= 11 is 0. The molecule has 4 heteroatoms. The first-order chi connectivity index (χ1) is 4.81. The molecule has 0 saturated carbocycles. The van der Waals surface area contributed by atoms with Gasteiger partial charge in [-0.05, 0) is 6.42 Å². The minimum atomic E-state index is -0.212. The number of nitrogens with one attached hydrogen (secondary N) is 2. The lowest BCUT2D eigenvalue weighted by Crippen LogP contribution is -2.34. The van der Waals surface area contributed by atoms with Crippen LogP contribution in [0, 0.1) is 0 Å². The summed E-state index contributed by atoms with van der Waals surface area (Å²) in [6.45, 7) is 2.98. The van der Waals surface area contributed by atoms with Gasteiger partial charge in [-0.2, -0.15) is 0 Å². The molecule has 4 nitrogen and oxygen atoms in total. The lowest BCUT2D eigenvalue weighted by molar-refractivity contribution is 0.121. The van der Waals surface area contributed by atoms with Crippen LogP contribution in [-0.2, 0) is 4.74 Å². The van der Waals surface area contributed by atoms with Crippen molar-refractivity contribution in [2.24, 2.45) is 0 Å². The fraction of sp³-hybridized carbons (Fsp3) is 0.833. The molecule has 2 N–H and O–H groups in total. The summed E-state index contributed by atoms with van der Waals surface area (Å²) in [5.74, 6) is 0. The summed E-state index contributed by atoms with van der Waals surface area (Å²) < 4.78 is 4.98. The van der Waals surface area contributed by atoms with E-state index in [0.717, 1.165) is 6.42 Å². The Labute approximate surface area is 60.9 Å². The summed E-state index contributed by atoms with van der Waals surface area (Å²) in [7, 11) is 1.56. The predicted molar refractivity (Wildman–Crippen MR) is 38.7 cm³/mol. The van der Waals surface area contributed by atoms with Gasteiger partial charge >= 0.3 is 6.03 Å². The molecule has 0 spiro atoms. The molecule has 0 saturated heterocycles. The number of carbonyl (C=O) groups excluding carboxylic acids is 1. The molecule has 60 valence electrons. The molecule has 2 amide bonds. The van der Waals surface area contributed by atoms with Gasteiger partial charge in [0.2, 0.25) is 0 Å². The minimum Gasteiger partial charge on any atom is -0.361 e. The highest BCUT2D eigenvalue weighted by Crippen LogP contribution is 1.76. The predicted octanol–water partition coefficient (Wildman–Crippen LogP) is 0.299. The van der Waals surface area contributed by atoms with Gasteiger partial charge in [-0.25, -0.2) is 4.79 Å². The maximum atomic E-state index is 10.5. The second-order valence-corrected chi connectivity index (χ2v) is 1.81. The molecule has 0 radical (unpaired) electrons. The topological polar surface area (TPSA) is 50.4 Å². The van der Waals surface area contributed by atoms with Gasteiger partial charge < -0.3 is 15.4 Å². The van der Waals surface area contributed by atoms with Gasteiger partial charge in [0.25, 0.3) is 0 Å². The minimum absolute atomic E-state index is 0.212. The summed E-state index contributed by atoms with van der Waals surface area (Å²) in [5, 5.41) is 4.91. The Morgan fingerprint density at radius 1 is 1.60 bits per heavy atom. The van der Waals surface area contributed by atoms with E-state index in [0.29, 0.717) is 6.61 Å². The standard InChI is InChI=1S/C6H14N2O2/c1-3-4-10-5-8-6(9)7-2/h3-5H2,1-2H3,(H2,7,8,9). The lowest BCUT2D eigenvalue weighted by atomic mass is 10.5. The van der Waals surface area contributed by atoms with Crippen LogP contribution < -0.4 is 10.6 Å².